The molecule has 3 aromatic carbocycles. The highest BCUT2D eigenvalue weighted by Gasteiger charge is 2.71. The van der Waals surface area contributed by atoms with Gasteiger partial charge in [0, 0.05) is 16.7 Å². The van der Waals surface area contributed by atoms with Crippen LogP contribution >= 0.6 is 0 Å². The fourth-order valence-corrected chi connectivity index (χ4v) is 4.65. The normalized spacial score (nSPS) is 26.3. The van der Waals surface area contributed by atoms with Crippen molar-refractivity contribution in [2.45, 2.75) is 11.2 Å². The largest absolute Gasteiger partial charge is 0.447 e. The molecule has 0 aliphatic carbocycles. The van der Waals surface area contributed by atoms with E-state index in [4.69, 9.17) is 9.47 Å². The zero-order chi connectivity index (χ0) is 19.2. The van der Waals surface area contributed by atoms with Gasteiger partial charge in [0.2, 0.25) is 0 Å². The standard InChI is InChI=1S/C26H20O2/c1-3-12-22-19(2)27-26(21-15-8-5-9-16-21)25(22,20-13-6-4-7-14-20)23-17-10-11-18-24(23)28-26/h3-18H,1-2H2/b22-12+. The molecule has 2 heterocycles. The van der Waals surface area contributed by atoms with Gasteiger partial charge in [0.15, 0.2) is 0 Å². The number of allylic oxidation sites excluding steroid dienone is 3. The maximum Gasteiger partial charge on any atom is 0.296 e. The molecule has 1 saturated heterocycles. The molecule has 2 heteroatoms. The van der Waals surface area contributed by atoms with Crippen molar-refractivity contribution in [1.29, 1.82) is 0 Å². The van der Waals surface area contributed by atoms with Crippen LogP contribution in [0.25, 0.3) is 0 Å². The summed E-state index contributed by atoms with van der Waals surface area (Å²) in [6.45, 7) is 8.17. The minimum atomic E-state index is -1.06. The summed E-state index contributed by atoms with van der Waals surface area (Å²) in [5.74, 6) is 0.352. The Labute approximate surface area is 165 Å². The number of rotatable bonds is 3. The summed E-state index contributed by atoms with van der Waals surface area (Å²) >= 11 is 0. The lowest BCUT2D eigenvalue weighted by Crippen LogP contribution is -2.47. The fourth-order valence-electron chi connectivity index (χ4n) is 4.65. The molecule has 0 saturated carbocycles. The molecule has 0 N–H and O–H groups in total. The lowest BCUT2D eigenvalue weighted by atomic mass is 9.64. The Balaban J connectivity index is 1.96. The van der Waals surface area contributed by atoms with Crippen molar-refractivity contribution in [1.82, 2.24) is 0 Å². The maximum atomic E-state index is 6.65. The van der Waals surface area contributed by atoms with Crippen LogP contribution in [0.2, 0.25) is 0 Å². The molecule has 28 heavy (non-hydrogen) atoms. The lowest BCUT2D eigenvalue weighted by Gasteiger charge is -2.38. The Morgan fingerprint density at radius 2 is 1.32 bits per heavy atom. The molecule has 2 aliphatic heterocycles. The summed E-state index contributed by atoms with van der Waals surface area (Å²) in [6, 6.07) is 28.6. The van der Waals surface area contributed by atoms with Gasteiger partial charge in [0.1, 0.15) is 16.9 Å². The second kappa shape index (κ2) is 6.00. The Morgan fingerprint density at radius 3 is 2.00 bits per heavy atom. The van der Waals surface area contributed by atoms with Crippen molar-refractivity contribution in [3.63, 3.8) is 0 Å². The van der Waals surface area contributed by atoms with E-state index in [-0.39, 0.29) is 0 Å². The molecule has 0 amide bonds. The molecule has 3 aromatic rings. The number of fused-ring (bicyclic) bond motifs is 3. The molecular weight excluding hydrogens is 344 g/mol. The summed E-state index contributed by atoms with van der Waals surface area (Å²) in [5.41, 5.74) is 3.39. The van der Waals surface area contributed by atoms with Gasteiger partial charge in [0.05, 0.1) is 0 Å². The molecular formula is C26H20O2. The van der Waals surface area contributed by atoms with Gasteiger partial charge in [-0.2, -0.15) is 0 Å². The predicted molar refractivity (Wildman–Crippen MR) is 111 cm³/mol. The van der Waals surface area contributed by atoms with E-state index in [1.807, 2.05) is 72.8 Å². The van der Waals surface area contributed by atoms with Gasteiger partial charge in [-0.05, 0) is 11.6 Å². The van der Waals surface area contributed by atoms with E-state index in [0.29, 0.717) is 5.76 Å². The van der Waals surface area contributed by atoms with Crippen molar-refractivity contribution < 1.29 is 9.47 Å². The van der Waals surface area contributed by atoms with Crippen molar-refractivity contribution in [3.05, 3.63) is 138 Å². The molecule has 0 radical (unpaired) electrons. The number of hydrogen-bond donors (Lipinski definition) is 0. The molecule has 1 fully saturated rings. The van der Waals surface area contributed by atoms with Crippen molar-refractivity contribution in [2.24, 2.45) is 0 Å². The highest BCUT2D eigenvalue weighted by molar-refractivity contribution is 5.68. The third kappa shape index (κ3) is 1.92. The molecule has 0 bridgehead atoms. The Bertz CT molecular complexity index is 1100. The number of benzene rings is 3. The van der Waals surface area contributed by atoms with Crippen LogP contribution in [0.5, 0.6) is 5.75 Å². The SMILES string of the molecule is C=C/C=C1\C(=C)OC2(c3ccccc3)Oc3ccccc3C12c1ccccc1. The Morgan fingerprint density at radius 1 is 0.714 bits per heavy atom. The van der Waals surface area contributed by atoms with E-state index >= 15 is 0 Å². The van der Waals surface area contributed by atoms with Crippen LogP contribution in [0.15, 0.2) is 122 Å². The molecule has 5 rings (SSSR count). The van der Waals surface area contributed by atoms with E-state index in [1.165, 1.54) is 0 Å². The first-order chi connectivity index (χ1) is 13.7. The van der Waals surface area contributed by atoms with Gasteiger partial charge in [-0.1, -0.05) is 104 Å². The zero-order valence-corrected chi connectivity index (χ0v) is 15.5. The van der Waals surface area contributed by atoms with E-state index in [9.17, 15) is 0 Å². The Hall–Kier alpha value is -3.52. The molecule has 136 valence electrons. The van der Waals surface area contributed by atoms with Crippen molar-refractivity contribution in [3.8, 4) is 5.75 Å². The fraction of sp³-hybridized carbons (Fsp3) is 0.0769. The smallest absolute Gasteiger partial charge is 0.296 e. The third-order valence-corrected chi connectivity index (χ3v) is 5.65. The minimum Gasteiger partial charge on any atom is -0.447 e. The second-order valence-electron chi connectivity index (χ2n) is 7.04. The van der Waals surface area contributed by atoms with Crippen LogP contribution in [0.4, 0.5) is 0 Å². The number of ether oxygens (including phenoxy) is 2. The first-order valence-electron chi connectivity index (χ1n) is 9.35. The number of hydrogen-bond acceptors (Lipinski definition) is 2. The summed E-state index contributed by atoms with van der Waals surface area (Å²) in [4.78, 5) is 0. The van der Waals surface area contributed by atoms with E-state index < -0.39 is 11.2 Å². The zero-order valence-electron chi connectivity index (χ0n) is 15.5. The van der Waals surface area contributed by atoms with E-state index in [1.54, 1.807) is 6.08 Å². The molecule has 2 nitrogen and oxygen atoms in total. The van der Waals surface area contributed by atoms with E-state index in [2.05, 4.69) is 31.4 Å². The predicted octanol–water partition coefficient (Wildman–Crippen LogP) is 5.87. The van der Waals surface area contributed by atoms with Crippen LogP contribution in [0.1, 0.15) is 16.7 Å². The highest BCUT2D eigenvalue weighted by atomic mass is 16.7. The average Bonchev–Trinajstić information content (AvgIpc) is 3.17. The van der Waals surface area contributed by atoms with Gasteiger partial charge >= 0.3 is 0 Å². The number of para-hydroxylation sites is 1. The maximum absolute atomic E-state index is 6.65. The highest BCUT2D eigenvalue weighted by Crippen LogP contribution is 2.67. The quantitative estimate of drug-likeness (QED) is 0.578. The van der Waals surface area contributed by atoms with Crippen LogP contribution < -0.4 is 4.74 Å². The van der Waals surface area contributed by atoms with Crippen LogP contribution in [-0.4, -0.2) is 0 Å². The topological polar surface area (TPSA) is 18.5 Å². The lowest BCUT2D eigenvalue weighted by molar-refractivity contribution is -0.150. The Kier molecular flexibility index (Phi) is 3.56. The first-order valence-corrected chi connectivity index (χ1v) is 9.35. The third-order valence-electron chi connectivity index (χ3n) is 5.65. The summed E-state index contributed by atoms with van der Waals surface area (Å²) in [6.07, 6.45) is 3.78. The van der Waals surface area contributed by atoms with Gasteiger partial charge in [-0.15, -0.1) is 0 Å². The molecule has 2 aliphatic rings. The minimum absolute atomic E-state index is 0.599. The van der Waals surface area contributed by atoms with Crippen LogP contribution in [0.3, 0.4) is 0 Å². The van der Waals surface area contributed by atoms with Gasteiger partial charge < -0.3 is 9.47 Å². The monoisotopic (exact) mass is 364 g/mol. The summed E-state index contributed by atoms with van der Waals surface area (Å²) in [5, 5.41) is 0. The molecule has 2 atom stereocenters. The van der Waals surface area contributed by atoms with Gasteiger partial charge in [-0.25, -0.2) is 0 Å². The summed E-state index contributed by atoms with van der Waals surface area (Å²) < 4.78 is 13.2. The molecule has 2 unspecified atom stereocenters. The second-order valence-corrected chi connectivity index (χ2v) is 7.04. The molecule has 0 aromatic heterocycles. The van der Waals surface area contributed by atoms with Crippen molar-refractivity contribution >= 4 is 0 Å². The van der Waals surface area contributed by atoms with Gasteiger partial charge in [-0.3, -0.25) is 0 Å². The molecule has 0 spiro atoms. The average molecular weight is 364 g/mol. The van der Waals surface area contributed by atoms with Crippen LogP contribution in [0, 0.1) is 0 Å². The summed E-state index contributed by atoms with van der Waals surface area (Å²) in [7, 11) is 0. The van der Waals surface area contributed by atoms with Gasteiger partial charge in [0.25, 0.3) is 5.79 Å². The van der Waals surface area contributed by atoms with E-state index in [0.717, 1.165) is 28.0 Å². The van der Waals surface area contributed by atoms with Crippen molar-refractivity contribution in [2.75, 3.05) is 0 Å². The van der Waals surface area contributed by atoms with Crippen LogP contribution in [-0.2, 0) is 15.9 Å². The first kappa shape index (κ1) is 16.6.